The summed E-state index contributed by atoms with van der Waals surface area (Å²) in [4.78, 5) is 37.9. The van der Waals surface area contributed by atoms with Crippen LogP contribution >= 0.6 is 11.8 Å². The Hall–Kier alpha value is -2.32. The zero-order valence-electron chi connectivity index (χ0n) is 14.5. The number of aliphatic carboxylic acids is 1. The van der Waals surface area contributed by atoms with E-state index in [1.807, 2.05) is 19.9 Å². The van der Waals surface area contributed by atoms with Crippen LogP contribution in [0.2, 0.25) is 0 Å². The average Bonchev–Trinajstić information content (AvgIpc) is 2.64. The molecule has 2 amide bonds. The van der Waals surface area contributed by atoms with E-state index in [2.05, 4.69) is 5.32 Å². The highest BCUT2D eigenvalue weighted by molar-refractivity contribution is 8.00. The summed E-state index contributed by atoms with van der Waals surface area (Å²) in [5.41, 5.74) is 7.40. The van der Waals surface area contributed by atoms with Gasteiger partial charge in [-0.05, 0) is 17.1 Å². The summed E-state index contributed by atoms with van der Waals surface area (Å²) in [5.74, 6) is -1.43. The largest absolute Gasteiger partial charge is 0.477 e. The molecule has 2 aliphatic heterocycles. The molecule has 3 atom stereocenters. The van der Waals surface area contributed by atoms with Gasteiger partial charge in [0.05, 0.1) is 0 Å². The summed E-state index contributed by atoms with van der Waals surface area (Å²) in [7, 11) is 0. The average molecular weight is 375 g/mol. The molecule has 0 spiro atoms. The van der Waals surface area contributed by atoms with Gasteiger partial charge in [0.2, 0.25) is 5.91 Å². The number of carbonyl (C=O) groups is 3. The predicted octanol–water partition coefficient (Wildman–Crippen LogP) is 1.08. The highest BCUT2D eigenvalue weighted by Gasteiger charge is 2.54. The SMILES string of the molecule is CC(C)C1=C(C(=O)O)N2C(=O)C(NC(=O)C(N)c3ccccc3)[C@@H]2SC1. The van der Waals surface area contributed by atoms with Crippen molar-refractivity contribution in [3.8, 4) is 0 Å². The van der Waals surface area contributed by atoms with Gasteiger partial charge in [0, 0.05) is 5.75 Å². The van der Waals surface area contributed by atoms with Crippen LogP contribution in [-0.2, 0) is 14.4 Å². The fraction of sp³-hybridized carbons (Fsp3) is 0.389. The van der Waals surface area contributed by atoms with Gasteiger partial charge in [0.15, 0.2) is 0 Å². The number of fused-ring (bicyclic) bond motifs is 1. The Morgan fingerprint density at radius 3 is 2.54 bits per heavy atom. The lowest BCUT2D eigenvalue weighted by atomic mass is 9.97. The third-order valence-corrected chi connectivity index (χ3v) is 5.94. The Bertz CT molecular complexity index is 778. The number of hydrogen-bond donors (Lipinski definition) is 3. The molecule has 1 aromatic rings. The fourth-order valence-electron chi connectivity index (χ4n) is 3.14. The molecule has 2 unspecified atom stereocenters. The highest BCUT2D eigenvalue weighted by Crippen LogP contribution is 2.42. The van der Waals surface area contributed by atoms with E-state index >= 15 is 0 Å². The van der Waals surface area contributed by atoms with Crippen molar-refractivity contribution in [2.45, 2.75) is 31.3 Å². The number of hydrogen-bond acceptors (Lipinski definition) is 5. The summed E-state index contributed by atoms with van der Waals surface area (Å²) in [6.45, 7) is 3.81. The van der Waals surface area contributed by atoms with Crippen LogP contribution in [0.3, 0.4) is 0 Å². The molecule has 0 aliphatic carbocycles. The Morgan fingerprint density at radius 2 is 1.96 bits per heavy atom. The lowest BCUT2D eigenvalue weighted by Gasteiger charge is -2.50. The van der Waals surface area contributed by atoms with Crippen LogP contribution in [0.5, 0.6) is 0 Å². The van der Waals surface area contributed by atoms with Gasteiger partial charge < -0.3 is 16.2 Å². The molecule has 0 aromatic heterocycles. The van der Waals surface area contributed by atoms with Crippen molar-refractivity contribution < 1.29 is 19.5 Å². The molecule has 4 N–H and O–H groups in total. The number of carboxylic acid groups (broad SMARTS) is 1. The van der Waals surface area contributed by atoms with E-state index in [9.17, 15) is 19.5 Å². The minimum Gasteiger partial charge on any atom is -0.477 e. The molecular formula is C18H21N3O4S. The monoisotopic (exact) mass is 375 g/mol. The molecule has 1 saturated heterocycles. The van der Waals surface area contributed by atoms with Crippen LogP contribution in [0.25, 0.3) is 0 Å². The summed E-state index contributed by atoms with van der Waals surface area (Å²) >= 11 is 1.46. The number of nitrogens with zero attached hydrogens (tertiary/aromatic N) is 1. The quantitative estimate of drug-likeness (QED) is 0.664. The second kappa shape index (κ2) is 7.13. The molecule has 8 heteroatoms. The summed E-state index contributed by atoms with van der Waals surface area (Å²) in [6, 6.07) is 7.24. The van der Waals surface area contributed by atoms with E-state index in [0.29, 0.717) is 11.3 Å². The number of benzene rings is 1. The molecule has 2 aliphatic rings. The van der Waals surface area contributed by atoms with Crippen molar-refractivity contribution in [1.82, 2.24) is 10.2 Å². The number of carbonyl (C=O) groups excluding carboxylic acids is 2. The van der Waals surface area contributed by atoms with Gasteiger partial charge in [-0.3, -0.25) is 14.5 Å². The highest BCUT2D eigenvalue weighted by atomic mass is 32.2. The Balaban J connectivity index is 1.75. The first-order valence-corrected chi connectivity index (χ1v) is 9.39. The maximum absolute atomic E-state index is 12.5. The first-order chi connectivity index (χ1) is 12.3. The minimum atomic E-state index is -1.11. The van der Waals surface area contributed by atoms with Gasteiger partial charge >= 0.3 is 5.97 Å². The van der Waals surface area contributed by atoms with Crippen molar-refractivity contribution in [1.29, 1.82) is 0 Å². The van der Waals surface area contributed by atoms with Crippen LogP contribution in [0, 0.1) is 5.92 Å². The van der Waals surface area contributed by atoms with E-state index in [-0.39, 0.29) is 11.6 Å². The number of thioether (sulfide) groups is 1. The lowest BCUT2D eigenvalue weighted by Crippen LogP contribution is -2.71. The molecule has 0 saturated carbocycles. The van der Waals surface area contributed by atoms with E-state index in [1.165, 1.54) is 16.7 Å². The molecule has 3 rings (SSSR count). The van der Waals surface area contributed by atoms with E-state index in [4.69, 9.17) is 5.73 Å². The second-order valence-corrected chi connectivity index (χ2v) is 7.72. The molecule has 26 heavy (non-hydrogen) atoms. The van der Waals surface area contributed by atoms with E-state index in [0.717, 1.165) is 5.57 Å². The van der Waals surface area contributed by atoms with E-state index < -0.39 is 35.2 Å². The zero-order valence-corrected chi connectivity index (χ0v) is 15.3. The Kier molecular flexibility index (Phi) is 5.06. The van der Waals surface area contributed by atoms with Gasteiger partial charge in [-0.25, -0.2) is 4.79 Å². The minimum absolute atomic E-state index is 0.0301. The van der Waals surface area contributed by atoms with Crippen molar-refractivity contribution >= 4 is 29.5 Å². The normalized spacial score (nSPS) is 23.4. The topological polar surface area (TPSA) is 113 Å². The van der Waals surface area contributed by atoms with E-state index in [1.54, 1.807) is 24.3 Å². The van der Waals surface area contributed by atoms with Crippen molar-refractivity contribution in [2.75, 3.05) is 5.75 Å². The molecule has 0 radical (unpaired) electrons. The van der Waals surface area contributed by atoms with Crippen LogP contribution in [0.4, 0.5) is 0 Å². The van der Waals surface area contributed by atoms with Crippen molar-refractivity contribution in [3.63, 3.8) is 0 Å². The van der Waals surface area contributed by atoms with Crippen LogP contribution in [-0.4, -0.2) is 45.0 Å². The molecule has 138 valence electrons. The van der Waals surface area contributed by atoms with Crippen LogP contribution in [0.15, 0.2) is 41.6 Å². The summed E-state index contributed by atoms with van der Waals surface area (Å²) in [6.07, 6.45) is 0. The molecular weight excluding hydrogens is 354 g/mol. The first-order valence-electron chi connectivity index (χ1n) is 8.34. The third kappa shape index (κ3) is 3.10. The molecule has 2 heterocycles. The molecule has 1 aromatic carbocycles. The summed E-state index contributed by atoms with van der Waals surface area (Å²) < 4.78 is 0. The molecule has 7 nitrogen and oxygen atoms in total. The number of rotatable bonds is 5. The number of nitrogens with two attached hydrogens (primary N) is 1. The van der Waals surface area contributed by atoms with Gasteiger partial charge in [-0.15, -0.1) is 11.8 Å². The van der Waals surface area contributed by atoms with Crippen molar-refractivity contribution in [2.24, 2.45) is 11.7 Å². The number of carboxylic acids is 1. The van der Waals surface area contributed by atoms with Gasteiger partial charge in [0.25, 0.3) is 5.91 Å². The second-order valence-electron chi connectivity index (χ2n) is 6.62. The van der Waals surface area contributed by atoms with Gasteiger partial charge in [-0.2, -0.15) is 0 Å². The van der Waals surface area contributed by atoms with Gasteiger partial charge in [-0.1, -0.05) is 44.2 Å². The fourth-order valence-corrected chi connectivity index (χ4v) is 4.69. The maximum atomic E-state index is 12.5. The smallest absolute Gasteiger partial charge is 0.352 e. The Labute approximate surface area is 155 Å². The number of nitrogens with one attached hydrogen (secondary N) is 1. The number of amides is 2. The Morgan fingerprint density at radius 1 is 1.31 bits per heavy atom. The van der Waals surface area contributed by atoms with Crippen LogP contribution in [0.1, 0.15) is 25.5 Å². The van der Waals surface area contributed by atoms with Crippen LogP contribution < -0.4 is 11.1 Å². The van der Waals surface area contributed by atoms with Gasteiger partial charge in [0.1, 0.15) is 23.2 Å². The summed E-state index contributed by atoms with van der Waals surface area (Å²) in [5, 5.41) is 11.8. The van der Waals surface area contributed by atoms with Crippen molar-refractivity contribution in [3.05, 3.63) is 47.2 Å². The zero-order chi connectivity index (χ0) is 19.0. The standard InChI is InChI=1S/C18H21N3O4S/c1-9(2)11-8-26-17-13(16(23)21(17)14(11)18(24)25)20-15(22)12(19)10-6-4-3-5-7-10/h3-7,9,12-13,17H,8,19H2,1-2H3,(H,20,22)(H,24,25)/t12?,13?,17-/m0/s1. The predicted molar refractivity (Wildman–Crippen MR) is 97.9 cm³/mol. The lowest BCUT2D eigenvalue weighted by molar-refractivity contribution is -0.151. The molecule has 0 bridgehead atoms. The maximum Gasteiger partial charge on any atom is 0.352 e. The third-order valence-electron chi connectivity index (χ3n) is 4.64. The number of β-lactam (4-membered cyclic amide) rings is 1. The molecule has 1 fully saturated rings. The first kappa shape index (κ1) is 18.5.